The number of aromatic amines is 1. The summed E-state index contributed by atoms with van der Waals surface area (Å²) in [4.78, 5) is 19.7. The summed E-state index contributed by atoms with van der Waals surface area (Å²) in [6.45, 7) is 2.37. The Morgan fingerprint density at radius 3 is 3.06 bits per heavy atom. The summed E-state index contributed by atoms with van der Waals surface area (Å²) < 4.78 is 2.71. The molecule has 0 saturated carbocycles. The number of thiazole rings is 1. The largest absolute Gasteiger partial charge is 0.331 e. The molecule has 0 aliphatic heterocycles. The van der Waals surface area contributed by atoms with Crippen LogP contribution in [0.15, 0.2) is 21.6 Å². The average Bonchev–Trinajstić information content (AvgIpc) is 2.93. The van der Waals surface area contributed by atoms with Crippen molar-refractivity contribution in [2.45, 2.75) is 13.5 Å². The Bertz CT molecular complexity index is 824. The molecule has 0 aliphatic carbocycles. The number of hydrogen-bond acceptors (Lipinski definition) is 5. The number of nitrogens with zero attached hydrogens (tertiary/aromatic N) is 2. The van der Waals surface area contributed by atoms with E-state index in [9.17, 15) is 4.79 Å². The second-order valence-corrected chi connectivity index (χ2v) is 6.11. The molecule has 4 nitrogen and oxygen atoms in total. The Kier molecular flexibility index (Phi) is 2.89. The molecule has 3 rings (SSSR count). The molecule has 0 aromatic carbocycles. The molecule has 0 bridgehead atoms. The van der Waals surface area contributed by atoms with Crippen LogP contribution in [0.5, 0.6) is 0 Å². The number of fused-ring (bicyclic) bond motifs is 1. The van der Waals surface area contributed by atoms with E-state index in [1.54, 1.807) is 15.9 Å². The third-order valence-corrected chi connectivity index (χ3v) is 4.73. The van der Waals surface area contributed by atoms with E-state index < -0.39 is 0 Å². The highest BCUT2D eigenvalue weighted by molar-refractivity contribution is 7.71. The first kappa shape index (κ1) is 11.8. The van der Waals surface area contributed by atoms with E-state index in [2.05, 4.69) is 9.97 Å². The van der Waals surface area contributed by atoms with Gasteiger partial charge in [0.2, 0.25) is 0 Å². The van der Waals surface area contributed by atoms with E-state index in [1.807, 2.05) is 23.8 Å². The van der Waals surface area contributed by atoms with E-state index in [0.29, 0.717) is 16.0 Å². The predicted molar refractivity (Wildman–Crippen MR) is 77.2 cm³/mol. The van der Waals surface area contributed by atoms with Gasteiger partial charge in [-0.05, 0) is 30.6 Å². The summed E-state index contributed by atoms with van der Waals surface area (Å²) in [5, 5.41) is 4.75. The van der Waals surface area contributed by atoms with Gasteiger partial charge < -0.3 is 4.98 Å². The maximum Gasteiger partial charge on any atom is 0.272 e. The van der Waals surface area contributed by atoms with Crippen LogP contribution in [-0.4, -0.2) is 14.5 Å². The van der Waals surface area contributed by atoms with Crippen LogP contribution >= 0.6 is 34.9 Å². The number of aryl methyl sites for hydroxylation is 1. The second kappa shape index (κ2) is 4.42. The van der Waals surface area contributed by atoms with Gasteiger partial charge in [-0.15, -0.1) is 22.7 Å². The number of thiophene rings is 1. The number of rotatable bonds is 2. The van der Waals surface area contributed by atoms with Crippen LogP contribution < -0.4 is 5.56 Å². The lowest BCUT2D eigenvalue weighted by molar-refractivity contribution is 0.729. The van der Waals surface area contributed by atoms with E-state index in [-0.39, 0.29) is 5.56 Å². The molecule has 0 radical (unpaired) electrons. The fourth-order valence-corrected chi connectivity index (χ4v) is 3.54. The van der Waals surface area contributed by atoms with Crippen LogP contribution in [0.3, 0.4) is 0 Å². The highest BCUT2D eigenvalue weighted by atomic mass is 32.1. The highest BCUT2D eigenvalue weighted by Gasteiger charge is 2.08. The van der Waals surface area contributed by atoms with E-state index in [0.717, 1.165) is 16.2 Å². The normalized spacial score (nSPS) is 11.2. The van der Waals surface area contributed by atoms with Gasteiger partial charge in [0, 0.05) is 11.1 Å². The molecular formula is C11H9N3OS3. The summed E-state index contributed by atoms with van der Waals surface area (Å²) in [5.41, 5.74) is 1.73. The lowest BCUT2D eigenvalue weighted by Crippen LogP contribution is -2.21. The fourth-order valence-electron chi connectivity index (χ4n) is 1.72. The fraction of sp³-hybridized carbons (Fsp3) is 0.182. The van der Waals surface area contributed by atoms with Gasteiger partial charge in [0.15, 0.2) is 4.77 Å². The van der Waals surface area contributed by atoms with Crippen LogP contribution in [-0.2, 0) is 6.54 Å². The summed E-state index contributed by atoms with van der Waals surface area (Å²) >= 11 is 8.19. The van der Waals surface area contributed by atoms with Gasteiger partial charge in [-0.2, -0.15) is 0 Å². The Hall–Kier alpha value is -1.31. The molecule has 0 aliphatic rings. The van der Waals surface area contributed by atoms with Crippen molar-refractivity contribution in [1.29, 1.82) is 0 Å². The summed E-state index contributed by atoms with van der Waals surface area (Å²) in [7, 11) is 0. The van der Waals surface area contributed by atoms with E-state index in [4.69, 9.17) is 12.2 Å². The number of aromatic nitrogens is 3. The molecule has 7 heteroatoms. The maximum absolute atomic E-state index is 12.3. The van der Waals surface area contributed by atoms with Crippen molar-refractivity contribution in [1.82, 2.24) is 14.5 Å². The van der Waals surface area contributed by atoms with Crippen molar-refractivity contribution in [3.8, 4) is 0 Å². The quantitative estimate of drug-likeness (QED) is 0.740. The third kappa shape index (κ3) is 1.94. The van der Waals surface area contributed by atoms with Gasteiger partial charge in [0.25, 0.3) is 5.56 Å². The van der Waals surface area contributed by atoms with Crippen molar-refractivity contribution < 1.29 is 0 Å². The van der Waals surface area contributed by atoms with E-state index in [1.165, 1.54) is 11.3 Å². The van der Waals surface area contributed by atoms with Crippen molar-refractivity contribution in [2.75, 3.05) is 0 Å². The first-order chi connectivity index (χ1) is 8.65. The van der Waals surface area contributed by atoms with Crippen LogP contribution in [0.4, 0.5) is 0 Å². The first-order valence-electron chi connectivity index (χ1n) is 5.26. The average molecular weight is 295 g/mol. The molecule has 0 saturated heterocycles. The van der Waals surface area contributed by atoms with Crippen LogP contribution in [0, 0.1) is 11.7 Å². The Morgan fingerprint density at radius 1 is 1.50 bits per heavy atom. The standard InChI is InChI=1S/C11H9N3OS3/c1-6-5-18-8(12-6)4-14-10(15)9-7(2-3-17-9)13-11(14)16/h2-3,5H,4H2,1H3,(H,13,16). The zero-order valence-corrected chi connectivity index (χ0v) is 11.9. The van der Waals surface area contributed by atoms with Gasteiger partial charge in [-0.3, -0.25) is 9.36 Å². The molecule has 3 aromatic heterocycles. The second-order valence-electron chi connectivity index (χ2n) is 3.87. The summed E-state index contributed by atoms with van der Waals surface area (Å²) in [6.07, 6.45) is 0. The molecule has 3 aromatic rings. The lowest BCUT2D eigenvalue weighted by atomic mass is 10.4. The lowest BCUT2D eigenvalue weighted by Gasteiger charge is -2.03. The molecule has 18 heavy (non-hydrogen) atoms. The van der Waals surface area contributed by atoms with Crippen molar-refractivity contribution in [3.63, 3.8) is 0 Å². The molecule has 0 fully saturated rings. The number of hydrogen-bond donors (Lipinski definition) is 1. The zero-order chi connectivity index (χ0) is 12.7. The maximum atomic E-state index is 12.3. The van der Waals surface area contributed by atoms with Gasteiger partial charge in [-0.1, -0.05) is 0 Å². The number of nitrogens with one attached hydrogen (secondary N) is 1. The van der Waals surface area contributed by atoms with Gasteiger partial charge in [0.1, 0.15) is 9.71 Å². The number of H-pyrrole nitrogens is 1. The SMILES string of the molecule is Cc1csc(Cn2c(=S)[nH]c3ccsc3c2=O)n1. The van der Waals surface area contributed by atoms with Crippen LogP contribution in [0.1, 0.15) is 10.7 Å². The van der Waals surface area contributed by atoms with Gasteiger partial charge >= 0.3 is 0 Å². The van der Waals surface area contributed by atoms with Crippen molar-refractivity contribution in [3.05, 3.63) is 42.7 Å². The Morgan fingerprint density at radius 2 is 2.33 bits per heavy atom. The molecule has 0 unspecified atom stereocenters. The molecule has 92 valence electrons. The molecule has 3 heterocycles. The predicted octanol–water partition coefficient (Wildman–Crippen LogP) is 2.93. The van der Waals surface area contributed by atoms with Gasteiger partial charge in [0.05, 0.1) is 12.1 Å². The van der Waals surface area contributed by atoms with Crippen LogP contribution in [0.25, 0.3) is 10.2 Å². The zero-order valence-electron chi connectivity index (χ0n) is 9.47. The first-order valence-corrected chi connectivity index (χ1v) is 7.43. The monoisotopic (exact) mass is 295 g/mol. The molecule has 0 atom stereocenters. The Balaban J connectivity index is 2.17. The van der Waals surface area contributed by atoms with Gasteiger partial charge in [-0.25, -0.2) is 4.98 Å². The molecular weight excluding hydrogens is 286 g/mol. The smallest absolute Gasteiger partial charge is 0.272 e. The van der Waals surface area contributed by atoms with Crippen LogP contribution in [0.2, 0.25) is 0 Å². The highest BCUT2D eigenvalue weighted by Crippen LogP contribution is 2.15. The minimum Gasteiger partial charge on any atom is -0.331 e. The third-order valence-electron chi connectivity index (χ3n) is 2.55. The Labute approximate surface area is 116 Å². The van der Waals surface area contributed by atoms with E-state index >= 15 is 0 Å². The molecule has 0 amide bonds. The molecule has 1 N–H and O–H groups in total. The molecule has 0 spiro atoms. The summed E-state index contributed by atoms with van der Waals surface area (Å²) in [5.74, 6) is 0. The minimum absolute atomic E-state index is 0.0448. The summed E-state index contributed by atoms with van der Waals surface area (Å²) in [6, 6.07) is 1.87. The van der Waals surface area contributed by atoms with Crippen molar-refractivity contribution in [2.24, 2.45) is 0 Å². The topological polar surface area (TPSA) is 50.7 Å². The minimum atomic E-state index is -0.0448. The van der Waals surface area contributed by atoms with Crippen molar-refractivity contribution >= 4 is 45.1 Å².